The number of carbonyl (C=O) groups excluding carboxylic acids is 2. The van der Waals surface area contributed by atoms with Crippen molar-refractivity contribution in [1.29, 1.82) is 0 Å². The van der Waals surface area contributed by atoms with Gasteiger partial charge in [0.25, 0.3) is 0 Å². The molecule has 1 fully saturated rings. The maximum absolute atomic E-state index is 11.1. The van der Waals surface area contributed by atoms with Crippen molar-refractivity contribution in [3.8, 4) is 0 Å². The zero-order valence-corrected chi connectivity index (χ0v) is 6.26. The van der Waals surface area contributed by atoms with Crippen molar-refractivity contribution >= 4 is 11.8 Å². The number of imide groups is 1. The second kappa shape index (κ2) is 4.91. The minimum Gasteiger partial charge on any atom is -0.283 e. The normalized spacial score (nSPS) is 21.8. The Morgan fingerprint density at radius 3 is 2.08 bits per heavy atom. The van der Waals surface area contributed by atoms with Crippen molar-refractivity contribution in [2.45, 2.75) is 35.1 Å². The van der Waals surface area contributed by atoms with E-state index in [9.17, 15) is 9.59 Å². The van der Waals surface area contributed by atoms with Crippen LogP contribution in [0, 0.1) is 5.92 Å². The Bertz CT molecular complexity index is 177. The Labute approximate surface area is 74.7 Å². The molecule has 0 aromatic heterocycles. The van der Waals surface area contributed by atoms with Gasteiger partial charge >= 0.3 is 0 Å². The fourth-order valence-electron chi connectivity index (χ4n) is 1.18. The molecule has 72 valence electrons. The first kappa shape index (κ1) is 13.7. The van der Waals surface area contributed by atoms with Crippen molar-refractivity contribution in [2.24, 2.45) is 5.92 Å². The lowest BCUT2D eigenvalue weighted by molar-refractivity contribution is -0.138. The molecule has 3 heteroatoms. The summed E-state index contributed by atoms with van der Waals surface area (Å²) in [6, 6.07) is 0. The highest BCUT2D eigenvalue weighted by Crippen LogP contribution is 2.17. The summed E-state index contributed by atoms with van der Waals surface area (Å²) in [5.74, 6) is -0.139. The SMILES string of the molecule is C.C.CCN1C(=O)CC(C)C1=O. The van der Waals surface area contributed by atoms with E-state index in [4.69, 9.17) is 0 Å². The van der Waals surface area contributed by atoms with Crippen molar-refractivity contribution in [1.82, 2.24) is 4.90 Å². The molecule has 1 aliphatic rings. The average molecular weight is 173 g/mol. The number of hydrogen-bond acceptors (Lipinski definition) is 2. The van der Waals surface area contributed by atoms with E-state index in [0.29, 0.717) is 13.0 Å². The monoisotopic (exact) mass is 173 g/mol. The molecule has 0 aliphatic carbocycles. The van der Waals surface area contributed by atoms with Gasteiger partial charge in [-0.3, -0.25) is 14.5 Å². The maximum Gasteiger partial charge on any atom is 0.232 e. The molecule has 0 bridgehead atoms. The van der Waals surface area contributed by atoms with Gasteiger partial charge in [-0.25, -0.2) is 0 Å². The first-order chi connectivity index (χ1) is 4.66. The second-order valence-corrected chi connectivity index (χ2v) is 2.58. The molecule has 0 N–H and O–H groups in total. The summed E-state index contributed by atoms with van der Waals surface area (Å²) in [6.45, 7) is 4.12. The Balaban J connectivity index is 0. The first-order valence-electron chi connectivity index (χ1n) is 3.51. The van der Waals surface area contributed by atoms with Crippen LogP contribution in [0.5, 0.6) is 0 Å². The lowest BCUT2D eigenvalue weighted by Gasteiger charge is -2.09. The Morgan fingerprint density at radius 2 is 1.92 bits per heavy atom. The zero-order valence-electron chi connectivity index (χ0n) is 6.26. The van der Waals surface area contributed by atoms with Crippen LogP contribution in [0.4, 0.5) is 0 Å². The van der Waals surface area contributed by atoms with Crippen LogP contribution in [-0.2, 0) is 9.59 Å². The molecule has 0 radical (unpaired) electrons. The van der Waals surface area contributed by atoms with Crippen LogP contribution in [0.2, 0.25) is 0 Å². The fraction of sp³-hybridized carbons (Fsp3) is 0.778. The Kier molecular flexibility index (Phi) is 5.61. The van der Waals surface area contributed by atoms with E-state index in [0.717, 1.165) is 0 Å². The van der Waals surface area contributed by atoms with Gasteiger partial charge in [-0.05, 0) is 6.92 Å². The lowest BCUT2D eigenvalue weighted by Crippen LogP contribution is -2.29. The summed E-state index contributed by atoms with van der Waals surface area (Å²) in [4.78, 5) is 23.3. The molecule has 3 nitrogen and oxygen atoms in total. The maximum atomic E-state index is 11.1. The Morgan fingerprint density at radius 1 is 1.42 bits per heavy atom. The van der Waals surface area contributed by atoms with Crippen LogP contribution in [0.15, 0.2) is 0 Å². The molecule has 0 spiro atoms. The van der Waals surface area contributed by atoms with Crippen LogP contribution < -0.4 is 0 Å². The summed E-state index contributed by atoms with van der Waals surface area (Å²) in [5, 5.41) is 0. The lowest BCUT2D eigenvalue weighted by atomic mass is 10.1. The average Bonchev–Trinajstić information content (AvgIpc) is 2.09. The minimum absolute atomic E-state index is 0. The summed E-state index contributed by atoms with van der Waals surface area (Å²) in [6.07, 6.45) is 0.396. The third-order valence-electron chi connectivity index (χ3n) is 1.79. The van der Waals surface area contributed by atoms with E-state index in [-0.39, 0.29) is 32.6 Å². The van der Waals surface area contributed by atoms with E-state index in [1.54, 1.807) is 6.92 Å². The number of carbonyl (C=O) groups is 2. The number of hydrogen-bond donors (Lipinski definition) is 0. The van der Waals surface area contributed by atoms with Crippen LogP contribution in [-0.4, -0.2) is 23.3 Å². The van der Waals surface area contributed by atoms with Crippen LogP contribution in [0.3, 0.4) is 0 Å². The van der Waals surface area contributed by atoms with Crippen molar-refractivity contribution < 1.29 is 9.59 Å². The van der Waals surface area contributed by atoms with E-state index >= 15 is 0 Å². The molecule has 1 saturated heterocycles. The zero-order chi connectivity index (χ0) is 7.72. The van der Waals surface area contributed by atoms with E-state index in [2.05, 4.69) is 0 Å². The van der Waals surface area contributed by atoms with Gasteiger partial charge in [-0.1, -0.05) is 21.8 Å². The smallest absolute Gasteiger partial charge is 0.232 e. The molecule has 1 rings (SSSR count). The first-order valence-corrected chi connectivity index (χ1v) is 3.51. The molecule has 0 aromatic carbocycles. The molecule has 1 unspecified atom stereocenters. The van der Waals surface area contributed by atoms with Gasteiger partial charge in [0, 0.05) is 18.9 Å². The summed E-state index contributed by atoms with van der Waals surface area (Å²) in [7, 11) is 0. The third-order valence-corrected chi connectivity index (χ3v) is 1.79. The number of amides is 2. The number of nitrogens with zero attached hydrogens (tertiary/aromatic N) is 1. The largest absolute Gasteiger partial charge is 0.283 e. The highest BCUT2D eigenvalue weighted by molar-refractivity contribution is 6.03. The molecular weight excluding hydrogens is 154 g/mol. The minimum atomic E-state index is -0.0903. The van der Waals surface area contributed by atoms with Crippen molar-refractivity contribution in [3.63, 3.8) is 0 Å². The highest BCUT2D eigenvalue weighted by atomic mass is 16.2. The number of rotatable bonds is 1. The van der Waals surface area contributed by atoms with Gasteiger partial charge in [-0.2, -0.15) is 0 Å². The molecule has 1 atom stereocenters. The summed E-state index contributed by atoms with van der Waals surface area (Å²) in [5.41, 5.74) is 0. The Hall–Kier alpha value is -0.860. The molecule has 1 aliphatic heterocycles. The van der Waals surface area contributed by atoms with Crippen molar-refractivity contribution in [3.05, 3.63) is 0 Å². The topological polar surface area (TPSA) is 37.4 Å². The van der Waals surface area contributed by atoms with E-state index < -0.39 is 0 Å². The second-order valence-electron chi connectivity index (χ2n) is 2.58. The van der Waals surface area contributed by atoms with Gasteiger partial charge in [0.05, 0.1) is 0 Å². The van der Waals surface area contributed by atoms with Gasteiger partial charge in [0.15, 0.2) is 0 Å². The van der Waals surface area contributed by atoms with Crippen molar-refractivity contribution in [2.75, 3.05) is 6.54 Å². The predicted molar refractivity (Wildman–Crippen MR) is 49.6 cm³/mol. The highest BCUT2D eigenvalue weighted by Gasteiger charge is 2.33. The van der Waals surface area contributed by atoms with Crippen LogP contribution >= 0.6 is 0 Å². The third kappa shape index (κ3) is 2.06. The molecule has 12 heavy (non-hydrogen) atoms. The molecular formula is C9H19NO2. The standard InChI is InChI=1S/C7H11NO2.2CH4/c1-3-8-6(9)4-5(2)7(8)10;;/h5H,3-4H2,1-2H3;2*1H4. The number of likely N-dealkylation sites (tertiary alicyclic amines) is 1. The summed E-state index contributed by atoms with van der Waals surface area (Å²) < 4.78 is 0. The van der Waals surface area contributed by atoms with E-state index in [1.165, 1.54) is 4.90 Å². The van der Waals surface area contributed by atoms with Gasteiger partial charge in [0.2, 0.25) is 11.8 Å². The molecule has 0 aromatic rings. The van der Waals surface area contributed by atoms with E-state index in [1.807, 2.05) is 6.92 Å². The van der Waals surface area contributed by atoms with Crippen LogP contribution in [0.25, 0.3) is 0 Å². The van der Waals surface area contributed by atoms with Gasteiger partial charge in [-0.15, -0.1) is 0 Å². The molecule has 1 heterocycles. The van der Waals surface area contributed by atoms with Gasteiger partial charge < -0.3 is 0 Å². The van der Waals surface area contributed by atoms with Crippen LogP contribution in [0.1, 0.15) is 35.1 Å². The fourth-order valence-corrected chi connectivity index (χ4v) is 1.18. The summed E-state index contributed by atoms with van der Waals surface area (Å²) >= 11 is 0. The predicted octanol–water partition coefficient (Wildman–Crippen LogP) is 1.67. The molecule has 2 amide bonds. The molecule has 0 saturated carbocycles. The van der Waals surface area contributed by atoms with Gasteiger partial charge in [0.1, 0.15) is 0 Å². The quantitative estimate of drug-likeness (QED) is 0.566.